The number of aryl methyl sites for hydroxylation is 2. The first-order valence-corrected chi connectivity index (χ1v) is 11.1. The van der Waals surface area contributed by atoms with Crippen LogP contribution in [-0.4, -0.2) is 59.0 Å². The van der Waals surface area contributed by atoms with Gasteiger partial charge in [-0.1, -0.05) is 35.4 Å². The van der Waals surface area contributed by atoms with Crippen molar-refractivity contribution >= 4 is 15.7 Å². The van der Waals surface area contributed by atoms with E-state index in [4.69, 9.17) is 4.74 Å². The van der Waals surface area contributed by atoms with E-state index in [1.165, 1.54) is 9.21 Å². The molecule has 1 unspecified atom stereocenters. The molecule has 0 radical (unpaired) electrons. The fourth-order valence-corrected chi connectivity index (χ4v) is 4.85. The van der Waals surface area contributed by atoms with Crippen LogP contribution in [0.25, 0.3) is 0 Å². The van der Waals surface area contributed by atoms with Crippen LogP contribution >= 0.6 is 0 Å². The van der Waals surface area contributed by atoms with Crippen molar-refractivity contribution in [2.45, 2.75) is 24.8 Å². The lowest BCUT2D eigenvalue weighted by atomic mass is 10.2. The number of aliphatic hydroxyl groups is 1. The summed E-state index contributed by atoms with van der Waals surface area (Å²) in [6, 6.07) is 14.1. The van der Waals surface area contributed by atoms with Gasteiger partial charge in [-0.05, 0) is 38.1 Å². The van der Waals surface area contributed by atoms with Gasteiger partial charge in [0.05, 0.1) is 30.3 Å². The second-order valence-electron chi connectivity index (χ2n) is 7.41. The molecule has 2 aromatic carbocycles. The SMILES string of the molecule is Cc1ccc(N(CC(O)C[NH+]2CCOCC2)S(=O)(=O)c2ccc(C)cc2)cc1. The Morgan fingerprint density at radius 1 is 1.00 bits per heavy atom. The zero-order chi connectivity index (χ0) is 20.1. The molecule has 6 nitrogen and oxygen atoms in total. The van der Waals surface area contributed by atoms with Gasteiger partial charge < -0.3 is 14.7 Å². The van der Waals surface area contributed by atoms with Crippen LogP contribution in [0.5, 0.6) is 0 Å². The van der Waals surface area contributed by atoms with Gasteiger partial charge in [0, 0.05) is 0 Å². The van der Waals surface area contributed by atoms with Crippen molar-refractivity contribution in [2.24, 2.45) is 0 Å². The molecule has 1 aliphatic heterocycles. The van der Waals surface area contributed by atoms with Crippen LogP contribution in [0.4, 0.5) is 5.69 Å². The van der Waals surface area contributed by atoms with E-state index in [1.807, 2.05) is 26.0 Å². The van der Waals surface area contributed by atoms with Crippen LogP contribution in [-0.2, 0) is 14.8 Å². The number of hydrogen-bond acceptors (Lipinski definition) is 4. The number of ether oxygens (including phenoxy) is 1. The third kappa shape index (κ3) is 5.11. The van der Waals surface area contributed by atoms with Gasteiger partial charge in [-0.15, -0.1) is 0 Å². The van der Waals surface area contributed by atoms with E-state index in [0.29, 0.717) is 25.4 Å². The summed E-state index contributed by atoms with van der Waals surface area (Å²) in [4.78, 5) is 1.46. The van der Waals surface area contributed by atoms with Crippen molar-refractivity contribution in [3.05, 3.63) is 59.7 Å². The number of nitrogens with zero attached hydrogens (tertiary/aromatic N) is 1. The highest BCUT2D eigenvalue weighted by atomic mass is 32.2. The molecule has 0 spiro atoms. The molecule has 152 valence electrons. The standard InChI is InChI=1S/C21H28N2O4S/c1-17-3-7-19(8-4-17)23(16-20(24)15-22-11-13-27-14-12-22)28(25,26)21-9-5-18(2)6-10-21/h3-10,20,24H,11-16H2,1-2H3/p+1. The van der Waals surface area contributed by atoms with Crippen LogP contribution in [0.1, 0.15) is 11.1 Å². The smallest absolute Gasteiger partial charge is 0.264 e. The molecule has 0 aliphatic carbocycles. The van der Waals surface area contributed by atoms with Crippen molar-refractivity contribution in [2.75, 3.05) is 43.7 Å². The molecular formula is C21H29N2O4S+. The van der Waals surface area contributed by atoms with Gasteiger partial charge in [0.25, 0.3) is 10.0 Å². The number of sulfonamides is 1. The average molecular weight is 406 g/mol. The lowest BCUT2D eigenvalue weighted by Crippen LogP contribution is -3.15. The van der Waals surface area contributed by atoms with E-state index < -0.39 is 16.1 Å². The van der Waals surface area contributed by atoms with Gasteiger partial charge in [0.2, 0.25) is 0 Å². The van der Waals surface area contributed by atoms with Gasteiger partial charge in [-0.2, -0.15) is 0 Å². The van der Waals surface area contributed by atoms with Crippen molar-refractivity contribution in [3.8, 4) is 0 Å². The molecule has 1 heterocycles. The Kier molecular flexibility index (Phi) is 6.72. The monoisotopic (exact) mass is 405 g/mol. The summed E-state index contributed by atoms with van der Waals surface area (Å²) in [5.74, 6) is 0. The molecule has 3 rings (SSSR count). The number of anilines is 1. The predicted molar refractivity (Wildman–Crippen MR) is 109 cm³/mol. The van der Waals surface area contributed by atoms with Crippen LogP contribution in [0, 0.1) is 13.8 Å². The van der Waals surface area contributed by atoms with Gasteiger partial charge in [0.15, 0.2) is 0 Å². The van der Waals surface area contributed by atoms with Crippen molar-refractivity contribution in [1.29, 1.82) is 0 Å². The maximum absolute atomic E-state index is 13.3. The zero-order valence-corrected chi connectivity index (χ0v) is 17.3. The molecule has 2 aromatic rings. The number of benzene rings is 2. The summed E-state index contributed by atoms with van der Waals surface area (Å²) in [6.07, 6.45) is -0.769. The quantitative estimate of drug-likeness (QED) is 0.714. The minimum atomic E-state index is -3.78. The predicted octanol–water partition coefficient (Wildman–Crippen LogP) is 0.775. The summed E-state index contributed by atoms with van der Waals surface area (Å²) in [7, 11) is -3.78. The number of nitrogens with one attached hydrogen (secondary N) is 1. The highest BCUT2D eigenvalue weighted by Crippen LogP contribution is 2.24. The van der Waals surface area contributed by atoms with Gasteiger partial charge >= 0.3 is 0 Å². The number of hydrogen-bond donors (Lipinski definition) is 2. The fraction of sp³-hybridized carbons (Fsp3) is 0.429. The van der Waals surface area contributed by atoms with E-state index in [-0.39, 0.29) is 11.4 Å². The molecule has 1 saturated heterocycles. The fourth-order valence-electron chi connectivity index (χ4n) is 3.34. The summed E-state index contributed by atoms with van der Waals surface area (Å²) in [5, 5.41) is 10.7. The van der Waals surface area contributed by atoms with Gasteiger partial charge in [0.1, 0.15) is 25.7 Å². The second-order valence-corrected chi connectivity index (χ2v) is 9.27. The molecule has 0 amide bonds. The maximum Gasteiger partial charge on any atom is 0.264 e. The Morgan fingerprint density at radius 2 is 1.54 bits per heavy atom. The second kappa shape index (κ2) is 9.05. The molecular weight excluding hydrogens is 376 g/mol. The van der Waals surface area contributed by atoms with E-state index in [0.717, 1.165) is 24.2 Å². The lowest BCUT2D eigenvalue weighted by molar-refractivity contribution is -0.910. The average Bonchev–Trinajstić information content (AvgIpc) is 2.68. The largest absolute Gasteiger partial charge is 0.385 e. The Bertz CT molecular complexity index is 860. The Labute approximate surface area is 167 Å². The third-order valence-electron chi connectivity index (χ3n) is 5.03. The van der Waals surface area contributed by atoms with E-state index in [9.17, 15) is 13.5 Å². The van der Waals surface area contributed by atoms with Crippen LogP contribution in [0.3, 0.4) is 0 Å². The molecule has 0 aromatic heterocycles. The Balaban J connectivity index is 1.86. The summed E-state index contributed by atoms with van der Waals surface area (Å²) in [6.45, 7) is 7.39. The normalized spacial score (nSPS) is 16.7. The molecule has 1 atom stereocenters. The zero-order valence-electron chi connectivity index (χ0n) is 16.5. The molecule has 0 saturated carbocycles. The molecule has 2 N–H and O–H groups in total. The van der Waals surface area contributed by atoms with Gasteiger partial charge in [-0.3, -0.25) is 4.31 Å². The minimum Gasteiger partial charge on any atom is -0.385 e. The summed E-state index contributed by atoms with van der Waals surface area (Å²) in [5.41, 5.74) is 2.61. The first-order chi connectivity index (χ1) is 13.4. The summed E-state index contributed by atoms with van der Waals surface area (Å²) < 4.78 is 33.4. The Morgan fingerprint density at radius 3 is 2.11 bits per heavy atom. The van der Waals surface area contributed by atoms with E-state index in [1.54, 1.807) is 36.4 Å². The van der Waals surface area contributed by atoms with Crippen LogP contribution in [0.15, 0.2) is 53.4 Å². The summed E-state index contributed by atoms with van der Waals surface area (Å²) >= 11 is 0. The topological polar surface area (TPSA) is 71.3 Å². The first-order valence-electron chi connectivity index (χ1n) is 9.62. The maximum atomic E-state index is 13.3. The number of quaternary nitrogens is 1. The van der Waals surface area contributed by atoms with E-state index in [2.05, 4.69) is 0 Å². The molecule has 0 bridgehead atoms. The van der Waals surface area contributed by atoms with Crippen molar-refractivity contribution in [3.63, 3.8) is 0 Å². The third-order valence-corrected chi connectivity index (χ3v) is 6.84. The number of rotatable bonds is 7. The molecule has 28 heavy (non-hydrogen) atoms. The first kappa shape index (κ1) is 20.8. The minimum absolute atomic E-state index is 0.0175. The Hall–Kier alpha value is -1.93. The van der Waals surface area contributed by atoms with Crippen molar-refractivity contribution < 1.29 is 23.2 Å². The van der Waals surface area contributed by atoms with Crippen molar-refractivity contribution in [1.82, 2.24) is 0 Å². The van der Waals surface area contributed by atoms with Crippen LogP contribution in [0.2, 0.25) is 0 Å². The molecule has 7 heteroatoms. The van der Waals surface area contributed by atoms with Gasteiger partial charge in [-0.25, -0.2) is 8.42 Å². The lowest BCUT2D eigenvalue weighted by Gasteiger charge is -2.30. The highest BCUT2D eigenvalue weighted by molar-refractivity contribution is 7.92. The van der Waals surface area contributed by atoms with E-state index >= 15 is 0 Å². The molecule has 1 aliphatic rings. The number of morpholine rings is 1. The van der Waals surface area contributed by atoms with Crippen LogP contribution < -0.4 is 9.21 Å². The highest BCUT2D eigenvalue weighted by Gasteiger charge is 2.29. The molecule has 1 fully saturated rings. The number of aliphatic hydroxyl groups excluding tert-OH is 1.